The van der Waals surface area contributed by atoms with E-state index in [-0.39, 0.29) is 23.7 Å². The number of pyridine rings is 1. The van der Waals surface area contributed by atoms with Crippen molar-refractivity contribution in [2.24, 2.45) is 5.73 Å². The summed E-state index contributed by atoms with van der Waals surface area (Å²) in [4.78, 5) is 3.75. The zero-order valence-corrected chi connectivity index (χ0v) is 10.7. The average molecular weight is 315 g/mol. The fourth-order valence-electron chi connectivity index (χ4n) is 1.34. The van der Waals surface area contributed by atoms with E-state index in [1.807, 2.05) is 0 Å². The second-order valence-electron chi connectivity index (χ2n) is 3.47. The van der Waals surface area contributed by atoms with Crippen molar-refractivity contribution >= 4 is 15.9 Å². The van der Waals surface area contributed by atoms with Gasteiger partial charge in [0, 0.05) is 24.4 Å². The van der Waals surface area contributed by atoms with E-state index in [0.29, 0.717) is 4.47 Å². The lowest BCUT2D eigenvalue weighted by Crippen LogP contribution is -2.02. The maximum absolute atomic E-state index is 13.8. The van der Waals surface area contributed by atoms with Crippen LogP contribution in [-0.4, -0.2) is 4.98 Å². The van der Waals surface area contributed by atoms with Gasteiger partial charge in [-0.2, -0.15) is 0 Å². The maximum Gasteiger partial charge on any atom is 0.256 e. The Balaban J connectivity index is 2.31. The molecule has 3 nitrogen and oxygen atoms in total. The molecule has 2 rings (SSSR count). The summed E-state index contributed by atoms with van der Waals surface area (Å²) in [5, 5.41) is 0. The molecule has 94 valence electrons. The van der Waals surface area contributed by atoms with Crippen molar-refractivity contribution < 1.29 is 13.5 Å². The predicted octanol–water partition coefficient (Wildman–Crippen LogP) is 3.37. The lowest BCUT2D eigenvalue weighted by atomic mass is 10.2. The van der Waals surface area contributed by atoms with Gasteiger partial charge in [-0.05, 0) is 34.1 Å². The molecule has 0 saturated carbocycles. The molecule has 0 unspecified atom stereocenters. The molecule has 0 amide bonds. The maximum atomic E-state index is 13.8. The summed E-state index contributed by atoms with van der Waals surface area (Å²) in [6.45, 7) is 0.0411. The highest BCUT2D eigenvalue weighted by Gasteiger charge is 2.11. The first-order valence-corrected chi connectivity index (χ1v) is 5.87. The third-order valence-electron chi connectivity index (χ3n) is 2.26. The van der Waals surface area contributed by atoms with Gasteiger partial charge in [0.15, 0.2) is 5.82 Å². The summed E-state index contributed by atoms with van der Waals surface area (Å²) in [6, 6.07) is 5.57. The molecule has 0 aliphatic heterocycles. The third-order valence-corrected chi connectivity index (χ3v) is 2.91. The second kappa shape index (κ2) is 5.41. The van der Waals surface area contributed by atoms with E-state index < -0.39 is 11.6 Å². The minimum absolute atomic E-state index is 0.0411. The Labute approximate surface area is 111 Å². The number of nitrogens with zero attached hydrogens (tertiary/aromatic N) is 1. The van der Waals surface area contributed by atoms with Gasteiger partial charge in [0.25, 0.3) is 5.88 Å². The Morgan fingerprint density at radius 1 is 1.28 bits per heavy atom. The monoisotopic (exact) mass is 314 g/mol. The van der Waals surface area contributed by atoms with Crippen molar-refractivity contribution in [3.63, 3.8) is 0 Å². The summed E-state index contributed by atoms with van der Waals surface area (Å²) in [6.07, 6.45) is 1.38. The van der Waals surface area contributed by atoms with Gasteiger partial charge in [0.1, 0.15) is 11.6 Å². The Bertz CT molecular complexity index is 578. The van der Waals surface area contributed by atoms with Crippen LogP contribution in [0.3, 0.4) is 0 Å². The number of rotatable bonds is 3. The smallest absolute Gasteiger partial charge is 0.256 e. The van der Waals surface area contributed by atoms with Crippen LogP contribution in [0.1, 0.15) is 5.56 Å². The van der Waals surface area contributed by atoms with Crippen LogP contribution in [0.15, 0.2) is 34.9 Å². The Morgan fingerprint density at radius 3 is 2.72 bits per heavy atom. The lowest BCUT2D eigenvalue weighted by molar-refractivity contribution is 0.416. The van der Waals surface area contributed by atoms with E-state index in [2.05, 4.69) is 20.9 Å². The highest BCUT2D eigenvalue weighted by atomic mass is 79.9. The molecule has 0 aliphatic rings. The molecule has 1 aromatic carbocycles. The van der Waals surface area contributed by atoms with Gasteiger partial charge < -0.3 is 10.5 Å². The van der Waals surface area contributed by atoms with E-state index in [4.69, 9.17) is 10.5 Å². The first kappa shape index (κ1) is 12.9. The standard InChI is InChI=1S/C12H9BrF2N2O/c13-9-2-1-8(5-10(9)14)18-12-11(15)7(6-16)3-4-17-12/h1-5H,6,16H2. The van der Waals surface area contributed by atoms with E-state index in [0.717, 1.165) is 6.07 Å². The molecule has 0 spiro atoms. The van der Waals surface area contributed by atoms with Crippen LogP contribution in [-0.2, 0) is 6.54 Å². The molecule has 1 aromatic heterocycles. The summed E-state index contributed by atoms with van der Waals surface area (Å²) in [5.74, 6) is -1.19. The number of halogens is 3. The summed E-state index contributed by atoms with van der Waals surface area (Å²) in [7, 11) is 0. The normalized spacial score (nSPS) is 10.4. The van der Waals surface area contributed by atoms with Crippen molar-refractivity contribution in [1.82, 2.24) is 4.98 Å². The van der Waals surface area contributed by atoms with E-state index in [1.54, 1.807) is 0 Å². The first-order chi connectivity index (χ1) is 8.61. The number of nitrogens with two attached hydrogens (primary N) is 1. The topological polar surface area (TPSA) is 48.1 Å². The van der Waals surface area contributed by atoms with Crippen LogP contribution >= 0.6 is 15.9 Å². The molecule has 0 radical (unpaired) electrons. The van der Waals surface area contributed by atoms with E-state index in [9.17, 15) is 8.78 Å². The minimum atomic E-state index is -0.636. The number of ether oxygens (including phenoxy) is 1. The van der Waals surface area contributed by atoms with Gasteiger partial charge >= 0.3 is 0 Å². The van der Waals surface area contributed by atoms with Crippen LogP contribution in [0.5, 0.6) is 11.6 Å². The largest absolute Gasteiger partial charge is 0.436 e. The minimum Gasteiger partial charge on any atom is -0.436 e. The molecule has 0 aliphatic carbocycles. The molecule has 1 heterocycles. The molecular weight excluding hydrogens is 306 g/mol. The van der Waals surface area contributed by atoms with E-state index >= 15 is 0 Å². The number of benzene rings is 1. The zero-order valence-electron chi connectivity index (χ0n) is 9.16. The SMILES string of the molecule is NCc1ccnc(Oc2ccc(Br)c(F)c2)c1F. The van der Waals surface area contributed by atoms with Crippen LogP contribution in [0, 0.1) is 11.6 Å². The number of aromatic nitrogens is 1. The highest BCUT2D eigenvalue weighted by molar-refractivity contribution is 9.10. The molecule has 0 atom stereocenters. The molecule has 0 bridgehead atoms. The fraction of sp³-hybridized carbons (Fsp3) is 0.0833. The molecule has 2 N–H and O–H groups in total. The van der Waals surface area contributed by atoms with Crippen LogP contribution in [0.25, 0.3) is 0 Å². The first-order valence-electron chi connectivity index (χ1n) is 5.08. The van der Waals surface area contributed by atoms with Crippen molar-refractivity contribution in [3.05, 3.63) is 52.1 Å². The second-order valence-corrected chi connectivity index (χ2v) is 4.33. The van der Waals surface area contributed by atoms with Crippen LogP contribution < -0.4 is 10.5 Å². The van der Waals surface area contributed by atoms with Crippen molar-refractivity contribution in [3.8, 4) is 11.6 Å². The Kier molecular flexibility index (Phi) is 3.88. The molecule has 2 aromatic rings. The zero-order chi connectivity index (χ0) is 13.1. The van der Waals surface area contributed by atoms with Gasteiger partial charge in [0.2, 0.25) is 0 Å². The Morgan fingerprint density at radius 2 is 2.06 bits per heavy atom. The number of hydrogen-bond donors (Lipinski definition) is 1. The Hall–Kier alpha value is -1.53. The predicted molar refractivity (Wildman–Crippen MR) is 66.3 cm³/mol. The molecule has 6 heteroatoms. The van der Waals surface area contributed by atoms with Crippen molar-refractivity contribution in [2.75, 3.05) is 0 Å². The molecule has 18 heavy (non-hydrogen) atoms. The average Bonchev–Trinajstić information content (AvgIpc) is 2.36. The van der Waals surface area contributed by atoms with Gasteiger partial charge in [-0.25, -0.2) is 13.8 Å². The molecular formula is C12H9BrF2N2O. The molecule has 0 fully saturated rings. The van der Waals surface area contributed by atoms with Gasteiger partial charge in [-0.15, -0.1) is 0 Å². The van der Waals surface area contributed by atoms with Gasteiger partial charge in [-0.3, -0.25) is 0 Å². The van der Waals surface area contributed by atoms with Crippen molar-refractivity contribution in [1.29, 1.82) is 0 Å². The summed E-state index contributed by atoms with van der Waals surface area (Å²) >= 11 is 3.02. The van der Waals surface area contributed by atoms with Crippen LogP contribution in [0.2, 0.25) is 0 Å². The van der Waals surface area contributed by atoms with E-state index in [1.165, 1.54) is 24.4 Å². The third kappa shape index (κ3) is 2.65. The fourth-order valence-corrected chi connectivity index (χ4v) is 1.59. The summed E-state index contributed by atoms with van der Waals surface area (Å²) < 4.78 is 32.5. The lowest BCUT2D eigenvalue weighted by Gasteiger charge is -2.08. The summed E-state index contributed by atoms with van der Waals surface area (Å²) in [5.41, 5.74) is 5.66. The van der Waals surface area contributed by atoms with Gasteiger partial charge in [0.05, 0.1) is 4.47 Å². The van der Waals surface area contributed by atoms with Crippen molar-refractivity contribution in [2.45, 2.75) is 6.54 Å². The highest BCUT2D eigenvalue weighted by Crippen LogP contribution is 2.27. The van der Waals surface area contributed by atoms with Crippen LogP contribution in [0.4, 0.5) is 8.78 Å². The quantitative estimate of drug-likeness (QED) is 0.945. The molecule has 0 saturated heterocycles. The number of hydrogen-bond acceptors (Lipinski definition) is 3. The van der Waals surface area contributed by atoms with Gasteiger partial charge in [-0.1, -0.05) is 0 Å².